The van der Waals surface area contributed by atoms with Gasteiger partial charge in [0, 0.05) is 13.2 Å². The quantitative estimate of drug-likeness (QED) is 0.275. The summed E-state index contributed by atoms with van der Waals surface area (Å²) in [4.78, 5) is 0. The molecule has 0 N–H and O–H groups in total. The van der Waals surface area contributed by atoms with Crippen LogP contribution in [-0.2, 0) is 23.4 Å². The van der Waals surface area contributed by atoms with E-state index in [9.17, 15) is 0 Å². The molecule has 0 aromatic rings. The van der Waals surface area contributed by atoms with Crippen LogP contribution in [0.1, 0.15) is 33.1 Å². The van der Waals surface area contributed by atoms with Gasteiger partial charge in [0.15, 0.2) is 8.32 Å². The lowest BCUT2D eigenvalue weighted by Crippen LogP contribution is -2.41. The number of rotatable bonds is 14. The summed E-state index contributed by atoms with van der Waals surface area (Å²) in [5.41, 5.74) is -0.0716. The van der Waals surface area contributed by atoms with Gasteiger partial charge in [-0.25, -0.2) is 0 Å². The molecule has 0 aromatic carbocycles. The monoisotopic (exact) mass is 346 g/mol. The highest BCUT2D eigenvalue weighted by atomic mass is 28.4. The molecule has 0 aliphatic carbocycles. The molecule has 2 rings (SSSR count). The molecule has 136 valence electrons. The zero-order chi connectivity index (χ0) is 16.8. The molecule has 2 heterocycles. The average molecular weight is 347 g/mol. The second kappa shape index (κ2) is 8.92. The first kappa shape index (κ1) is 19.3. The van der Waals surface area contributed by atoms with E-state index in [0.29, 0.717) is 12.2 Å². The lowest BCUT2D eigenvalue weighted by atomic mass is 10.0. The summed E-state index contributed by atoms with van der Waals surface area (Å²) in [6, 6.07) is 1.14. The van der Waals surface area contributed by atoms with Crippen LogP contribution in [0.4, 0.5) is 0 Å². The highest BCUT2D eigenvalue weighted by Gasteiger charge is 2.31. The average Bonchev–Trinajstić information content (AvgIpc) is 3.31. The standard InChI is InChI=1S/C17H34O5Si/c1-17(2,7-5-8-18-11-15-13-20-15)22-23(3,4)10-6-9-19-12-16-14-21-16/h15-16H,5-14H2,1-4H3. The lowest BCUT2D eigenvalue weighted by molar-refractivity contribution is 0.0612. The van der Waals surface area contributed by atoms with E-state index in [4.69, 9.17) is 23.4 Å². The maximum Gasteiger partial charge on any atom is 0.187 e. The molecular weight excluding hydrogens is 312 g/mol. The fourth-order valence-corrected chi connectivity index (χ4v) is 5.50. The molecule has 0 radical (unpaired) electrons. The van der Waals surface area contributed by atoms with Crippen molar-refractivity contribution in [3.05, 3.63) is 0 Å². The van der Waals surface area contributed by atoms with Crippen LogP contribution in [-0.4, -0.2) is 65.8 Å². The third-order valence-electron chi connectivity index (χ3n) is 4.10. The Morgan fingerprint density at radius 2 is 1.48 bits per heavy atom. The van der Waals surface area contributed by atoms with E-state index in [0.717, 1.165) is 64.9 Å². The maximum absolute atomic E-state index is 6.48. The van der Waals surface area contributed by atoms with Gasteiger partial charge in [0.25, 0.3) is 0 Å². The minimum Gasteiger partial charge on any atom is -0.412 e. The number of hydrogen-bond donors (Lipinski definition) is 0. The molecule has 23 heavy (non-hydrogen) atoms. The van der Waals surface area contributed by atoms with Gasteiger partial charge in [-0.05, 0) is 52.2 Å². The molecule has 2 unspecified atom stereocenters. The van der Waals surface area contributed by atoms with Crippen LogP contribution >= 0.6 is 0 Å². The van der Waals surface area contributed by atoms with Crippen LogP contribution in [0.2, 0.25) is 19.1 Å². The van der Waals surface area contributed by atoms with E-state index >= 15 is 0 Å². The van der Waals surface area contributed by atoms with Gasteiger partial charge in [-0.2, -0.15) is 0 Å². The number of epoxide rings is 2. The summed E-state index contributed by atoms with van der Waals surface area (Å²) in [7, 11) is -1.65. The smallest absolute Gasteiger partial charge is 0.187 e. The van der Waals surface area contributed by atoms with Gasteiger partial charge in [-0.15, -0.1) is 0 Å². The van der Waals surface area contributed by atoms with Crippen molar-refractivity contribution in [1.29, 1.82) is 0 Å². The Bertz CT molecular complexity index is 308. The molecule has 2 saturated heterocycles. The van der Waals surface area contributed by atoms with Crippen molar-refractivity contribution in [3.63, 3.8) is 0 Å². The molecule has 0 bridgehead atoms. The summed E-state index contributed by atoms with van der Waals surface area (Å²) in [5.74, 6) is 0. The van der Waals surface area contributed by atoms with Crippen molar-refractivity contribution < 1.29 is 23.4 Å². The largest absolute Gasteiger partial charge is 0.412 e. The molecule has 5 nitrogen and oxygen atoms in total. The van der Waals surface area contributed by atoms with E-state index in [2.05, 4.69) is 26.9 Å². The highest BCUT2D eigenvalue weighted by Crippen LogP contribution is 2.26. The first-order valence-corrected chi connectivity index (χ1v) is 12.1. The molecule has 0 amide bonds. The molecule has 2 fully saturated rings. The van der Waals surface area contributed by atoms with Crippen molar-refractivity contribution in [2.24, 2.45) is 0 Å². The van der Waals surface area contributed by atoms with Crippen LogP contribution in [0.25, 0.3) is 0 Å². The Hall–Kier alpha value is 0.0169. The van der Waals surface area contributed by atoms with Crippen LogP contribution in [0, 0.1) is 0 Å². The second-order valence-corrected chi connectivity index (χ2v) is 12.1. The first-order chi connectivity index (χ1) is 10.9. The van der Waals surface area contributed by atoms with E-state index in [-0.39, 0.29) is 5.60 Å². The van der Waals surface area contributed by atoms with Gasteiger partial charge >= 0.3 is 0 Å². The second-order valence-electron chi connectivity index (χ2n) is 7.89. The van der Waals surface area contributed by atoms with Crippen molar-refractivity contribution in [2.45, 2.75) is 70.1 Å². The van der Waals surface area contributed by atoms with E-state index in [1.165, 1.54) is 0 Å². The van der Waals surface area contributed by atoms with Gasteiger partial charge < -0.3 is 23.4 Å². The minimum atomic E-state index is -1.65. The fraction of sp³-hybridized carbons (Fsp3) is 1.00. The van der Waals surface area contributed by atoms with Crippen molar-refractivity contribution in [2.75, 3.05) is 39.6 Å². The Balaban J connectivity index is 1.50. The molecule has 0 saturated carbocycles. The van der Waals surface area contributed by atoms with Crippen LogP contribution < -0.4 is 0 Å². The Morgan fingerprint density at radius 3 is 2.00 bits per heavy atom. The zero-order valence-electron chi connectivity index (χ0n) is 15.3. The molecule has 6 heteroatoms. The van der Waals surface area contributed by atoms with Crippen molar-refractivity contribution in [3.8, 4) is 0 Å². The van der Waals surface area contributed by atoms with Crippen LogP contribution in [0.15, 0.2) is 0 Å². The first-order valence-electron chi connectivity index (χ1n) is 8.95. The fourth-order valence-electron chi connectivity index (χ4n) is 2.81. The van der Waals surface area contributed by atoms with Crippen molar-refractivity contribution >= 4 is 8.32 Å². The predicted molar refractivity (Wildman–Crippen MR) is 92.4 cm³/mol. The van der Waals surface area contributed by atoms with Crippen LogP contribution in [0.3, 0.4) is 0 Å². The Morgan fingerprint density at radius 1 is 0.957 bits per heavy atom. The lowest BCUT2D eigenvalue weighted by Gasteiger charge is -2.35. The summed E-state index contributed by atoms with van der Waals surface area (Å²) >= 11 is 0. The third kappa shape index (κ3) is 9.79. The molecule has 0 aromatic heterocycles. The van der Waals surface area contributed by atoms with Gasteiger partial charge in [-0.1, -0.05) is 0 Å². The summed E-state index contributed by atoms with van der Waals surface area (Å²) in [6.07, 6.45) is 3.87. The predicted octanol–water partition coefficient (Wildman–Crippen LogP) is 2.99. The van der Waals surface area contributed by atoms with Gasteiger partial charge in [-0.3, -0.25) is 0 Å². The maximum atomic E-state index is 6.48. The zero-order valence-corrected chi connectivity index (χ0v) is 16.3. The minimum absolute atomic E-state index is 0.0716. The molecule has 0 spiro atoms. The summed E-state index contributed by atoms with van der Waals surface area (Å²) in [6.45, 7) is 13.9. The topological polar surface area (TPSA) is 52.8 Å². The summed E-state index contributed by atoms with van der Waals surface area (Å²) < 4.78 is 28.0. The van der Waals surface area contributed by atoms with E-state index in [1.807, 2.05) is 0 Å². The SMILES string of the molecule is CC(C)(CCCOCC1CO1)O[Si](C)(C)CCCOCC1CO1. The van der Waals surface area contributed by atoms with E-state index in [1.54, 1.807) is 0 Å². The molecular formula is C17H34O5Si. The van der Waals surface area contributed by atoms with Crippen LogP contribution in [0.5, 0.6) is 0 Å². The molecule has 2 aliphatic rings. The Kier molecular flexibility index (Phi) is 7.50. The van der Waals surface area contributed by atoms with E-state index < -0.39 is 8.32 Å². The van der Waals surface area contributed by atoms with Gasteiger partial charge in [0.1, 0.15) is 12.2 Å². The highest BCUT2D eigenvalue weighted by molar-refractivity contribution is 6.71. The number of ether oxygens (including phenoxy) is 4. The van der Waals surface area contributed by atoms with Gasteiger partial charge in [0.2, 0.25) is 0 Å². The third-order valence-corrected chi connectivity index (χ3v) is 6.76. The Labute approximate surface area is 142 Å². The van der Waals surface area contributed by atoms with Crippen molar-refractivity contribution in [1.82, 2.24) is 0 Å². The normalized spacial score (nSPS) is 24.0. The molecule has 2 atom stereocenters. The summed E-state index contributed by atoms with van der Waals surface area (Å²) in [5, 5.41) is 0. The van der Waals surface area contributed by atoms with Gasteiger partial charge in [0.05, 0.1) is 32.0 Å². The molecule has 2 aliphatic heterocycles. The number of hydrogen-bond acceptors (Lipinski definition) is 5.